The molecule has 0 saturated heterocycles. The highest BCUT2D eigenvalue weighted by Gasteiger charge is 2.14. The third kappa shape index (κ3) is 4.39. The second-order valence-electron chi connectivity index (χ2n) is 6.89. The SMILES string of the molecule is Cc1noc(CSc2ccccc2C(=O)Nc2ccc(-c3nc4ccccc4s3)cn2)n1. The highest BCUT2D eigenvalue weighted by atomic mass is 32.2. The second kappa shape index (κ2) is 8.89. The number of para-hydroxylation sites is 1. The summed E-state index contributed by atoms with van der Waals surface area (Å²) in [6.07, 6.45) is 1.73. The summed E-state index contributed by atoms with van der Waals surface area (Å²) in [5.41, 5.74) is 2.44. The molecule has 2 aromatic carbocycles. The first-order valence-electron chi connectivity index (χ1n) is 9.80. The van der Waals surface area contributed by atoms with Gasteiger partial charge in [0.1, 0.15) is 10.8 Å². The van der Waals surface area contributed by atoms with Crippen LogP contribution in [-0.2, 0) is 5.75 Å². The maximum atomic E-state index is 12.9. The van der Waals surface area contributed by atoms with E-state index in [0.717, 1.165) is 25.7 Å². The van der Waals surface area contributed by atoms with Crippen molar-refractivity contribution in [1.82, 2.24) is 20.1 Å². The van der Waals surface area contributed by atoms with Gasteiger partial charge < -0.3 is 9.84 Å². The Kier molecular flexibility index (Phi) is 5.66. The number of benzene rings is 2. The van der Waals surface area contributed by atoms with Gasteiger partial charge in [-0.1, -0.05) is 29.4 Å². The van der Waals surface area contributed by atoms with Gasteiger partial charge in [0.15, 0.2) is 5.82 Å². The Hall–Kier alpha value is -3.56. The van der Waals surface area contributed by atoms with Gasteiger partial charge in [0, 0.05) is 16.7 Å². The first kappa shape index (κ1) is 20.3. The molecule has 0 bridgehead atoms. The molecule has 3 aromatic heterocycles. The van der Waals surface area contributed by atoms with E-state index in [1.165, 1.54) is 11.8 Å². The van der Waals surface area contributed by atoms with Crippen LogP contribution in [0, 0.1) is 6.92 Å². The molecule has 158 valence electrons. The standard InChI is InChI=1S/C23H17N5O2S2/c1-14-25-21(30-28-14)13-31-18-8-4-2-6-16(18)22(29)27-20-11-10-15(12-24-20)23-26-17-7-3-5-9-19(17)32-23/h2-12H,13H2,1H3,(H,24,27,29). The molecule has 0 aliphatic carbocycles. The molecular formula is C23H17N5O2S2. The van der Waals surface area contributed by atoms with Crippen LogP contribution in [0.4, 0.5) is 5.82 Å². The minimum Gasteiger partial charge on any atom is -0.338 e. The number of carbonyl (C=O) groups excluding carboxylic acids is 1. The Morgan fingerprint density at radius 1 is 1.06 bits per heavy atom. The number of anilines is 1. The van der Waals surface area contributed by atoms with Crippen LogP contribution in [0.2, 0.25) is 0 Å². The normalized spacial score (nSPS) is 11.0. The van der Waals surface area contributed by atoms with Gasteiger partial charge in [-0.15, -0.1) is 23.1 Å². The van der Waals surface area contributed by atoms with Crippen molar-refractivity contribution in [2.75, 3.05) is 5.32 Å². The maximum Gasteiger partial charge on any atom is 0.257 e. The molecule has 0 atom stereocenters. The van der Waals surface area contributed by atoms with E-state index in [4.69, 9.17) is 4.52 Å². The smallest absolute Gasteiger partial charge is 0.257 e. The minimum absolute atomic E-state index is 0.227. The predicted octanol–water partition coefficient (Wildman–Crippen LogP) is 5.59. The van der Waals surface area contributed by atoms with E-state index < -0.39 is 0 Å². The fourth-order valence-electron chi connectivity index (χ4n) is 3.09. The number of fused-ring (bicyclic) bond motifs is 1. The van der Waals surface area contributed by atoms with Crippen molar-refractivity contribution in [3.8, 4) is 10.6 Å². The van der Waals surface area contributed by atoms with Gasteiger partial charge in [-0.05, 0) is 43.3 Å². The number of rotatable bonds is 6. The second-order valence-corrected chi connectivity index (χ2v) is 8.94. The van der Waals surface area contributed by atoms with Crippen molar-refractivity contribution in [2.45, 2.75) is 17.6 Å². The van der Waals surface area contributed by atoms with E-state index in [2.05, 4.69) is 25.4 Å². The molecule has 0 unspecified atom stereocenters. The third-order valence-corrected chi connectivity index (χ3v) is 6.74. The number of hydrogen-bond acceptors (Lipinski definition) is 8. The van der Waals surface area contributed by atoms with Gasteiger partial charge in [-0.25, -0.2) is 9.97 Å². The molecule has 3 heterocycles. The number of thioether (sulfide) groups is 1. The Morgan fingerprint density at radius 3 is 2.69 bits per heavy atom. The van der Waals surface area contributed by atoms with Crippen molar-refractivity contribution in [3.63, 3.8) is 0 Å². The highest BCUT2D eigenvalue weighted by molar-refractivity contribution is 7.98. The summed E-state index contributed by atoms with van der Waals surface area (Å²) in [5.74, 6) is 1.85. The van der Waals surface area contributed by atoms with Crippen molar-refractivity contribution < 1.29 is 9.32 Å². The average Bonchev–Trinajstić information content (AvgIpc) is 3.44. The van der Waals surface area contributed by atoms with Gasteiger partial charge in [0.05, 0.1) is 21.5 Å². The number of pyridine rings is 1. The molecule has 1 N–H and O–H groups in total. The van der Waals surface area contributed by atoms with E-state index in [9.17, 15) is 4.79 Å². The number of aromatic nitrogens is 4. The Bertz CT molecular complexity index is 1360. The van der Waals surface area contributed by atoms with E-state index in [1.807, 2.05) is 48.5 Å². The third-order valence-electron chi connectivity index (χ3n) is 4.60. The zero-order valence-electron chi connectivity index (χ0n) is 17.0. The number of carbonyl (C=O) groups is 1. The summed E-state index contributed by atoms with van der Waals surface area (Å²) in [5, 5.41) is 7.56. The minimum atomic E-state index is -0.227. The topological polar surface area (TPSA) is 93.8 Å². The quantitative estimate of drug-likeness (QED) is 0.331. The molecule has 5 rings (SSSR count). The monoisotopic (exact) mass is 459 g/mol. The van der Waals surface area contributed by atoms with E-state index in [1.54, 1.807) is 36.6 Å². The van der Waals surface area contributed by atoms with Crippen molar-refractivity contribution in [1.29, 1.82) is 0 Å². The van der Waals surface area contributed by atoms with Crippen molar-refractivity contribution in [3.05, 3.63) is 84.1 Å². The van der Waals surface area contributed by atoms with Crippen LogP contribution in [0.25, 0.3) is 20.8 Å². The fourth-order valence-corrected chi connectivity index (χ4v) is 4.93. The van der Waals surface area contributed by atoms with Gasteiger partial charge in [-0.3, -0.25) is 4.79 Å². The lowest BCUT2D eigenvalue weighted by molar-refractivity contribution is 0.102. The fraction of sp³-hybridized carbons (Fsp3) is 0.0870. The van der Waals surface area contributed by atoms with Gasteiger partial charge in [0.25, 0.3) is 5.91 Å². The van der Waals surface area contributed by atoms with Crippen LogP contribution in [0.3, 0.4) is 0 Å². The number of nitrogens with one attached hydrogen (secondary N) is 1. The Balaban J connectivity index is 1.29. The average molecular weight is 460 g/mol. The van der Waals surface area contributed by atoms with Gasteiger partial charge in [-0.2, -0.15) is 4.98 Å². The largest absolute Gasteiger partial charge is 0.338 e. The molecule has 9 heteroatoms. The Morgan fingerprint density at radius 2 is 1.91 bits per heavy atom. The number of hydrogen-bond donors (Lipinski definition) is 1. The van der Waals surface area contributed by atoms with Gasteiger partial charge >= 0.3 is 0 Å². The number of nitrogens with zero attached hydrogens (tertiary/aromatic N) is 4. The molecule has 1 amide bonds. The summed E-state index contributed by atoms with van der Waals surface area (Å²) < 4.78 is 6.28. The molecule has 0 fully saturated rings. The summed E-state index contributed by atoms with van der Waals surface area (Å²) >= 11 is 3.09. The van der Waals surface area contributed by atoms with Crippen LogP contribution < -0.4 is 5.32 Å². The molecule has 0 aliphatic rings. The van der Waals surface area contributed by atoms with E-state index >= 15 is 0 Å². The van der Waals surface area contributed by atoms with Crippen LogP contribution >= 0.6 is 23.1 Å². The van der Waals surface area contributed by atoms with Crippen molar-refractivity contribution >= 4 is 45.0 Å². The van der Waals surface area contributed by atoms with Crippen LogP contribution in [0.1, 0.15) is 22.1 Å². The predicted molar refractivity (Wildman–Crippen MR) is 126 cm³/mol. The van der Waals surface area contributed by atoms with Crippen molar-refractivity contribution in [2.24, 2.45) is 0 Å². The number of aryl methyl sites for hydroxylation is 1. The van der Waals surface area contributed by atoms with Crippen LogP contribution in [-0.4, -0.2) is 26.0 Å². The molecule has 32 heavy (non-hydrogen) atoms. The van der Waals surface area contributed by atoms with Gasteiger partial charge in [0.2, 0.25) is 5.89 Å². The Labute approximate surface area is 191 Å². The lowest BCUT2D eigenvalue weighted by atomic mass is 10.2. The molecule has 0 aliphatic heterocycles. The lowest BCUT2D eigenvalue weighted by Crippen LogP contribution is -2.13. The molecule has 0 radical (unpaired) electrons. The summed E-state index contributed by atoms with van der Waals surface area (Å²) in [7, 11) is 0. The lowest BCUT2D eigenvalue weighted by Gasteiger charge is -2.09. The molecule has 0 saturated carbocycles. The summed E-state index contributed by atoms with van der Waals surface area (Å²) in [6, 6.07) is 19.1. The summed E-state index contributed by atoms with van der Waals surface area (Å²) in [4.78, 5) is 27.0. The highest BCUT2D eigenvalue weighted by Crippen LogP contribution is 2.30. The molecular weight excluding hydrogens is 442 g/mol. The molecule has 7 nitrogen and oxygen atoms in total. The first-order chi connectivity index (χ1) is 15.7. The maximum absolute atomic E-state index is 12.9. The van der Waals surface area contributed by atoms with E-state index in [0.29, 0.717) is 28.8 Å². The zero-order chi connectivity index (χ0) is 21.9. The van der Waals surface area contributed by atoms with E-state index in [-0.39, 0.29) is 5.91 Å². The van der Waals surface area contributed by atoms with Crippen LogP contribution in [0.15, 0.2) is 76.3 Å². The first-order valence-corrected chi connectivity index (χ1v) is 11.6. The number of amides is 1. The number of thiazole rings is 1. The molecule has 5 aromatic rings. The van der Waals surface area contributed by atoms with Crippen LogP contribution in [0.5, 0.6) is 0 Å². The zero-order valence-corrected chi connectivity index (χ0v) is 18.6. The summed E-state index contributed by atoms with van der Waals surface area (Å²) in [6.45, 7) is 1.77. The molecule has 0 spiro atoms.